The molecule has 0 unspecified atom stereocenters. The average Bonchev–Trinajstić information content (AvgIpc) is 3.15. The van der Waals surface area contributed by atoms with Crippen molar-refractivity contribution in [3.05, 3.63) is 0 Å². The first-order chi connectivity index (χ1) is 8.56. The van der Waals surface area contributed by atoms with Gasteiger partial charge < -0.3 is 21.0 Å². The first-order valence-electron chi connectivity index (χ1n) is 6.83. The highest BCUT2D eigenvalue weighted by atomic mass is 16.5. The van der Waals surface area contributed by atoms with Crippen LogP contribution in [-0.2, 0) is 4.74 Å². The van der Waals surface area contributed by atoms with E-state index in [-0.39, 0.29) is 5.41 Å². The number of hydrogen-bond acceptors (Lipinski definition) is 4. The molecular weight excluding hydrogens is 230 g/mol. The van der Waals surface area contributed by atoms with Gasteiger partial charge in [0, 0.05) is 18.6 Å². The van der Waals surface area contributed by atoms with Crippen molar-refractivity contribution in [3.63, 3.8) is 0 Å². The normalized spacial score (nSPS) is 17.1. The van der Waals surface area contributed by atoms with Gasteiger partial charge in [0.2, 0.25) is 0 Å². The lowest BCUT2D eigenvalue weighted by atomic mass is 9.86. The lowest BCUT2D eigenvalue weighted by Crippen LogP contribution is -2.33. The predicted octanol–water partition coefficient (Wildman–Crippen LogP) is 1.56. The van der Waals surface area contributed by atoms with Crippen LogP contribution in [0.5, 0.6) is 0 Å². The SMILES string of the molecule is CC(C)(CCCNCCOCC1CC1)C(N)=NO. The molecule has 0 aromatic heterocycles. The van der Waals surface area contributed by atoms with Gasteiger partial charge in [0.15, 0.2) is 0 Å². The molecule has 1 aliphatic rings. The van der Waals surface area contributed by atoms with Crippen molar-refractivity contribution in [2.45, 2.75) is 39.5 Å². The number of amidine groups is 1. The molecule has 1 fully saturated rings. The standard InChI is InChI=1S/C13H27N3O2/c1-13(2,12(14)16-17)6-3-7-15-8-9-18-10-11-4-5-11/h11,15,17H,3-10H2,1-2H3,(H2,14,16). The number of nitrogens with two attached hydrogens (primary N) is 1. The topological polar surface area (TPSA) is 79.9 Å². The Balaban J connectivity index is 1.90. The monoisotopic (exact) mass is 257 g/mol. The molecular formula is C13H27N3O2. The number of ether oxygens (including phenoxy) is 1. The number of rotatable bonds is 10. The lowest BCUT2D eigenvalue weighted by molar-refractivity contribution is 0.126. The average molecular weight is 257 g/mol. The van der Waals surface area contributed by atoms with Gasteiger partial charge in [-0.3, -0.25) is 0 Å². The van der Waals surface area contributed by atoms with Gasteiger partial charge in [0.05, 0.1) is 6.61 Å². The van der Waals surface area contributed by atoms with Crippen LogP contribution < -0.4 is 11.1 Å². The highest BCUT2D eigenvalue weighted by Gasteiger charge is 2.22. The second-order valence-corrected chi connectivity index (χ2v) is 5.74. The third kappa shape index (κ3) is 6.21. The summed E-state index contributed by atoms with van der Waals surface area (Å²) in [4.78, 5) is 0. The van der Waals surface area contributed by atoms with Crippen molar-refractivity contribution in [1.82, 2.24) is 5.32 Å². The van der Waals surface area contributed by atoms with Crippen molar-refractivity contribution in [2.24, 2.45) is 22.2 Å². The Bertz CT molecular complexity index is 263. The maximum Gasteiger partial charge on any atom is 0.144 e. The highest BCUT2D eigenvalue weighted by molar-refractivity contribution is 5.85. The Kier molecular flexibility index (Phi) is 6.43. The van der Waals surface area contributed by atoms with Crippen LogP contribution in [0.4, 0.5) is 0 Å². The van der Waals surface area contributed by atoms with Crippen molar-refractivity contribution in [3.8, 4) is 0 Å². The van der Waals surface area contributed by atoms with Gasteiger partial charge in [-0.05, 0) is 38.1 Å². The second-order valence-electron chi connectivity index (χ2n) is 5.74. The zero-order valence-electron chi connectivity index (χ0n) is 11.6. The summed E-state index contributed by atoms with van der Waals surface area (Å²) in [6.45, 7) is 7.53. The Labute approximate surface area is 110 Å². The molecule has 0 bridgehead atoms. The summed E-state index contributed by atoms with van der Waals surface area (Å²) in [5.74, 6) is 1.14. The van der Waals surface area contributed by atoms with E-state index in [1.807, 2.05) is 13.8 Å². The van der Waals surface area contributed by atoms with Crippen molar-refractivity contribution < 1.29 is 9.94 Å². The molecule has 5 heteroatoms. The van der Waals surface area contributed by atoms with Crippen LogP contribution in [0.25, 0.3) is 0 Å². The van der Waals surface area contributed by atoms with E-state index >= 15 is 0 Å². The van der Waals surface area contributed by atoms with Gasteiger partial charge in [-0.25, -0.2) is 0 Å². The second kappa shape index (κ2) is 7.59. The van der Waals surface area contributed by atoms with Gasteiger partial charge in [0.1, 0.15) is 5.84 Å². The summed E-state index contributed by atoms with van der Waals surface area (Å²) >= 11 is 0. The molecule has 1 rings (SSSR count). The smallest absolute Gasteiger partial charge is 0.144 e. The molecule has 0 aliphatic heterocycles. The third-order valence-electron chi connectivity index (χ3n) is 3.43. The summed E-state index contributed by atoms with van der Waals surface area (Å²) in [7, 11) is 0. The van der Waals surface area contributed by atoms with E-state index < -0.39 is 0 Å². The summed E-state index contributed by atoms with van der Waals surface area (Å²) in [5.41, 5.74) is 5.39. The number of nitrogens with zero attached hydrogens (tertiary/aromatic N) is 1. The van der Waals surface area contributed by atoms with Crippen LogP contribution >= 0.6 is 0 Å². The van der Waals surface area contributed by atoms with Crippen molar-refractivity contribution >= 4 is 5.84 Å². The zero-order chi connectivity index (χ0) is 13.4. The summed E-state index contributed by atoms with van der Waals surface area (Å²) in [5, 5.41) is 15.1. The fourth-order valence-corrected chi connectivity index (χ4v) is 1.72. The Morgan fingerprint density at radius 1 is 1.44 bits per heavy atom. The molecule has 0 aromatic carbocycles. The van der Waals surface area contributed by atoms with E-state index in [1.165, 1.54) is 12.8 Å². The minimum Gasteiger partial charge on any atom is -0.409 e. The third-order valence-corrected chi connectivity index (χ3v) is 3.43. The van der Waals surface area contributed by atoms with E-state index in [4.69, 9.17) is 15.7 Å². The molecule has 1 saturated carbocycles. The zero-order valence-corrected chi connectivity index (χ0v) is 11.6. The Hall–Kier alpha value is -0.810. The van der Waals surface area contributed by atoms with Crippen molar-refractivity contribution in [2.75, 3.05) is 26.3 Å². The van der Waals surface area contributed by atoms with Crippen LogP contribution in [0, 0.1) is 11.3 Å². The lowest BCUT2D eigenvalue weighted by Gasteiger charge is -2.22. The van der Waals surface area contributed by atoms with Gasteiger partial charge in [0.25, 0.3) is 0 Å². The maximum atomic E-state index is 8.65. The Morgan fingerprint density at radius 3 is 2.78 bits per heavy atom. The maximum absolute atomic E-state index is 8.65. The number of hydrogen-bond donors (Lipinski definition) is 3. The largest absolute Gasteiger partial charge is 0.409 e. The van der Waals surface area contributed by atoms with Crippen molar-refractivity contribution in [1.29, 1.82) is 0 Å². The summed E-state index contributed by atoms with van der Waals surface area (Å²) in [6, 6.07) is 0. The first kappa shape index (κ1) is 15.2. The molecule has 0 heterocycles. The molecule has 0 radical (unpaired) electrons. The van der Waals surface area contributed by atoms with Gasteiger partial charge >= 0.3 is 0 Å². The van der Waals surface area contributed by atoms with Crippen LogP contribution in [-0.4, -0.2) is 37.3 Å². The first-order valence-corrected chi connectivity index (χ1v) is 6.83. The van der Waals surface area contributed by atoms with Gasteiger partial charge in [-0.15, -0.1) is 0 Å². The number of nitrogens with one attached hydrogen (secondary N) is 1. The minimum absolute atomic E-state index is 0.237. The van der Waals surface area contributed by atoms with Gasteiger partial charge in [-0.2, -0.15) is 0 Å². The van der Waals surface area contributed by atoms with Crippen LogP contribution in [0.2, 0.25) is 0 Å². The molecule has 18 heavy (non-hydrogen) atoms. The van der Waals surface area contributed by atoms with E-state index in [0.29, 0.717) is 5.84 Å². The van der Waals surface area contributed by atoms with E-state index in [0.717, 1.165) is 45.1 Å². The van der Waals surface area contributed by atoms with E-state index in [9.17, 15) is 0 Å². The molecule has 0 spiro atoms. The highest BCUT2D eigenvalue weighted by Crippen LogP contribution is 2.28. The van der Waals surface area contributed by atoms with Crippen LogP contribution in [0.15, 0.2) is 5.16 Å². The van der Waals surface area contributed by atoms with E-state index in [1.54, 1.807) is 0 Å². The summed E-state index contributed by atoms with van der Waals surface area (Å²) in [6.07, 6.45) is 4.59. The molecule has 106 valence electrons. The molecule has 4 N–H and O–H groups in total. The van der Waals surface area contributed by atoms with Crippen LogP contribution in [0.3, 0.4) is 0 Å². The minimum atomic E-state index is -0.237. The quantitative estimate of drug-likeness (QED) is 0.182. The molecule has 0 saturated heterocycles. The fourth-order valence-electron chi connectivity index (χ4n) is 1.72. The number of oxime groups is 1. The molecule has 1 aliphatic carbocycles. The van der Waals surface area contributed by atoms with Gasteiger partial charge in [-0.1, -0.05) is 19.0 Å². The summed E-state index contributed by atoms with van der Waals surface area (Å²) < 4.78 is 5.53. The molecule has 0 atom stereocenters. The Morgan fingerprint density at radius 2 is 2.17 bits per heavy atom. The predicted molar refractivity (Wildman–Crippen MR) is 72.8 cm³/mol. The fraction of sp³-hybridized carbons (Fsp3) is 0.923. The molecule has 0 aromatic rings. The molecule has 5 nitrogen and oxygen atoms in total. The van der Waals surface area contributed by atoms with E-state index in [2.05, 4.69) is 10.5 Å². The van der Waals surface area contributed by atoms with Crippen LogP contribution in [0.1, 0.15) is 39.5 Å². The molecule has 0 amide bonds.